The zero-order valence-corrected chi connectivity index (χ0v) is 21.9. The molecular formula is C20H30O2P2S4. The minimum absolute atomic E-state index is 0.0306. The van der Waals surface area contributed by atoms with Crippen LogP contribution in [0.25, 0.3) is 0 Å². The fourth-order valence-electron chi connectivity index (χ4n) is 2.47. The first kappa shape index (κ1) is 26.4. The number of benzene rings is 2. The first-order valence-corrected chi connectivity index (χ1v) is 17.6. The van der Waals surface area contributed by atoms with Gasteiger partial charge in [-0.25, -0.2) is 0 Å². The molecule has 0 bridgehead atoms. The lowest BCUT2D eigenvalue weighted by Crippen LogP contribution is -1.96. The van der Waals surface area contributed by atoms with Gasteiger partial charge in [0, 0.05) is 23.3 Å². The average Bonchev–Trinajstić information content (AvgIpc) is 2.68. The van der Waals surface area contributed by atoms with Gasteiger partial charge in [0.15, 0.2) is 0 Å². The highest BCUT2D eigenvalue weighted by atomic mass is 32.9. The van der Waals surface area contributed by atoms with E-state index in [4.69, 9.17) is 28.1 Å². The van der Waals surface area contributed by atoms with Crippen molar-refractivity contribution in [3.8, 4) is 0 Å². The first-order chi connectivity index (χ1) is 13.2. The third kappa shape index (κ3) is 9.02. The predicted molar refractivity (Wildman–Crippen MR) is 138 cm³/mol. The van der Waals surface area contributed by atoms with Gasteiger partial charge in [0.2, 0.25) is 0 Å². The Labute approximate surface area is 190 Å². The van der Waals surface area contributed by atoms with Gasteiger partial charge in [0.1, 0.15) is 10.9 Å². The van der Waals surface area contributed by atoms with Gasteiger partial charge in [0.25, 0.3) is 0 Å². The number of thiol groups is 1. The third-order valence-electron chi connectivity index (χ3n) is 4.09. The van der Waals surface area contributed by atoms with Crippen LogP contribution in [0.3, 0.4) is 0 Å². The van der Waals surface area contributed by atoms with E-state index in [2.05, 4.69) is 44.3 Å². The van der Waals surface area contributed by atoms with Gasteiger partial charge in [0.05, 0.1) is 0 Å². The van der Waals surface area contributed by atoms with Crippen LogP contribution in [0.4, 0.5) is 0 Å². The molecule has 0 aromatic heterocycles. The summed E-state index contributed by atoms with van der Waals surface area (Å²) >= 11 is 16.4. The van der Waals surface area contributed by atoms with Crippen molar-refractivity contribution in [1.82, 2.24) is 0 Å². The molecule has 8 heteroatoms. The van der Waals surface area contributed by atoms with Gasteiger partial charge < -0.3 is 9.42 Å². The molecule has 0 amide bonds. The minimum atomic E-state index is -2.49. The van der Waals surface area contributed by atoms with Gasteiger partial charge in [-0.2, -0.15) is 0 Å². The summed E-state index contributed by atoms with van der Waals surface area (Å²) in [6.07, 6.45) is 1.90. The number of hydrogen-bond donors (Lipinski definition) is 2. The molecule has 0 saturated carbocycles. The van der Waals surface area contributed by atoms with E-state index in [9.17, 15) is 4.89 Å². The molecule has 0 radical (unpaired) electrons. The number of aryl methyl sites for hydroxylation is 1. The summed E-state index contributed by atoms with van der Waals surface area (Å²) in [6, 6.07) is 18.3. The van der Waals surface area contributed by atoms with E-state index in [0.29, 0.717) is 6.61 Å². The quantitative estimate of drug-likeness (QED) is 0.291. The van der Waals surface area contributed by atoms with E-state index in [0.717, 1.165) is 18.1 Å². The van der Waals surface area contributed by atoms with Crippen molar-refractivity contribution in [1.29, 1.82) is 0 Å². The topological polar surface area (TPSA) is 29.5 Å². The molecule has 0 fully saturated rings. The molecule has 0 aliphatic carbocycles. The molecule has 2 rings (SSSR count). The lowest BCUT2D eigenvalue weighted by molar-refractivity contribution is 0.385. The monoisotopic (exact) mass is 492 g/mol. The largest absolute Gasteiger partial charge is 0.357 e. The summed E-state index contributed by atoms with van der Waals surface area (Å²) in [6.45, 7) is 8.87. The molecule has 0 saturated heterocycles. The molecule has 0 aliphatic heterocycles. The van der Waals surface area contributed by atoms with Gasteiger partial charge in [-0.15, -0.1) is 12.2 Å². The first-order valence-electron chi connectivity index (χ1n) is 9.28. The molecule has 156 valence electrons. The lowest BCUT2D eigenvalue weighted by Gasteiger charge is -2.20. The van der Waals surface area contributed by atoms with Crippen LogP contribution >= 0.6 is 34.6 Å². The molecule has 1 N–H and O–H groups in total. The van der Waals surface area contributed by atoms with Crippen molar-refractivity contribution < 1.29 is 9.42 Å². The van der Waals surface area contributed by atoms with Crippen LogP contribution in [0.1, 0.15) is 44.5 Å². The van der Waals surface area contributed by atoms with Crippen LogP contribution in [0, 0.1) is 0 Å². The summed E-state index contributed by atoms with van der Waals surface area (Å²) in [5, 5.41) is 0. The van der Waals surface area contributed by atoms with Crippen LogP contribution in [0.5, 0.6) is 0 Å². The maximum atomic E-state index is 9.75. The highest BCUT2D eigenvalue weighted by Gasteiger charge is 2.21. The Balaban J connectivity index is 0.000000280. The van der Waals surface area contributed by atoms with E-state index in [1.807, 2.05) is 50.2 Å². The molecule has 28 heavy (non-hydrogen) atoms. The molecule has 3 unspecified atom stereocenters. The van der Waals surface area contributed by atoms with Crippen molar-refractivity contribution in [3.63, 3.8) is 0 Å². The zero-order valence-electron chi connectivity index (χ0n) is 16.8. The van der Waals surface area contributed by atoms with Crippen molar-refractivity contribution in [3.05, 3.63) is 65.7 Å². The van der Waals surface area contributed by atoms with Gasteiger partial charge in [-0.1, -0.05) is 98.2 Å². The molecule has 3 atom stereocenters. The summed E-state index contributed by atoms with van der Waals surface area (Å²) in [5.74, 6) is 0. The molecule has 0 spiro atoms. The smallest absolute Gasteiger partial charge is 0.123 e. The van der Waals surface area contributed by atoms with E-state index in [1.165, 1.54) is 10.5 Å². The molecule has 0 aliphatic rings. The highest BCUT2D eigenvalue weighted by Crippen LogP contribution is 2.62. The molecular weight excluding hydrogens is 462 g/mol. The van der Waals surface area contributed by atoms with Crippen LogP contribution in [-0.2, 0) is 34.6 Å². The van der Waals surface area contributed by atoms with Crippen LogP contribution in [0.2, 0.25) is 0 Å². The van der Waals surface area contributed by atoms with E-state index in [1.54, 1.807) is 11.4 Å². The fraction of sp³-hybridized carbons (Fsp3) is 0.400. The van der Waals surface area contributed by atoms with E-state index in [-0.39, 0.29) is 5.66 Å². The average molecular weight is 493 g/mol. The Morgan fingerprint density at radius 2 is 1.61 bits per heavy atom. The second-order valence-corrected chi connectivity index (χ2v) is 19.9. The third-order valence-corrected chi connectivity index (χ3v) is 13.9. The van der Waals surface area contributed by atoms with Gasteiger partial charge in [-0.05, 0) is 36.6 Å². The Bertz CT molecular complexity index is 809. The lowest BCUT2D eigenvalue weighted by atomic mass is 10.0. The molecule has 0 heterocycles. The van der Waals surface area contributed by atoms with Crippen molar-refractivity contribution >= 4 is 58.2 Å². The second-order valence-electron chi connectivity index (χ2n) is 6.07. The summed E-state index contributed by atoms with van der Waals surface area (Å²) in [7, 11) is 0. The molecule has 2 nitrogen and oxygen atoms in total. The highest BCUT2D eigenvalue weighted by molar-refractivity contribution is 8.69. The van der Waals surface area contributed by atoms with E-state index < -0.39 is 10.9 Å². The SMILES string of the molecule is CCOP(=S)(CC)Sc1ccccc1.CCc1ccccc1C(C)P(O)(=S)S. The Morgan fingerprint density at radius 3 is 2.11 bits per heavy atom. The maximum Gasteiger partial charge on any atom is 0.123 e. The Morgan fingerprint density at radius 1 is 1.04 bits per heavy atom. The van der Waals surface area contributed by atoms with Crippen LogP contribution in [0.15, 0.2) is 59.5 Å². The standard InChI is InChI=1S/2C10H15OPS2/c1-3-9-6-4-5-7-10(9)8(2)12(11,13)14;1-3-11-12(13,4-2)14-10-8-6-5-7-9-10/h4-8H,3H2,1-2H3,(H2,11,13,14);5-9H,3-4H2,1-2H3. The summed E-state index contributed by atoms with van der Waals surface area (Å²) in [4.78, 5) is 11.0. The minimum Gasteiger partial charge on any atom is -0.357 e. The zero-order chi connectivity index (χ0) is 21.2. The number of hydrogen-bond acceptors (Lipinski definition) is 4. The van der Waals surface area contributed by atoms with Crippen molar-refractivity contribution in [2.75, 3.05) is 12.8 Å². The fourth-order valence-corrected chi connectivity index (χ4v) is 8.43. The van der Waals surface area contributed by atoms with Crippen molar-refractivity contribution in [2.24, 2.45) is 0 Å². The van der Waals surface area contributed by atoms with Crippen molar-refractivity contribution in [2.45, 2.75) is 44.7 Å². The Kier molecular flexibility index (Phi) is 12.2. The summed E-state index contributed by atoms with van der Waals surface area (Å²) < 4.78 is 5.67. The van der Waals surface area contributed by atoms with Crippen LogP contribution < -0.4 is 0 Å². The second kappa shape index (κ2) is 12.9. The number of rotatable bonds is 8. The summed E-state index contributed by atoms with van der Waals surface area (Å²) in [5.41, 5.74) is -1.81. The van der Waals surface area contributed by atoms with E-state index >= 15 is 0 Å². The van der Waals surface area contributed by atoms with Crippen LogP contribution in [-0.4, -0.2) is 17.7 Å². The predicted octanol–water partition coefficient (Wildman–Crippen LogP) is 7.69. The van der Waals surface area contributed by atoms with Gasteiger partial charge in [-0.3, -0.25) is 0 Å². The van der Waals surface area contributed by atoms with Gasteiger partial charge >= 0.3 is 0 Å². The normalized spacial score (nSPS) is 16.2. The molecule has 2 aromatic carbocycles. The molecule has 2 aromatic rings. The Hall–Kier alpha value is 0.360. The maximum absolute atomic E-state index is 9.75.